The zero-order chi connectivity index (χ0) is 15.6. The van der Waals surface area contributed by atoms with Gasteiger partial charge in [0.15, 0.2) is 0 Å². The van der Waals surface area contributed by atoms with Crippen LogP contribution in [-0.4, -0.2) is 17.1 Å². The maximum absolute atomic E-state index is 5.55. The highest BCUT2D eigenvalue weighted by Crippen LogP contribution is 2.19. The predicted molar refractivity (Wildman–Crippen MR) is 100.0 cm³/mol. The van der Waals surface area contributed by atoms with E-state index >= 15 is 0 Å². The summed E-state index contributed by atoms with van der Waals surface area (Å²) in [7, 11) is 0.909. The first-order valence-electron chi connectivity index (χ1n) is 9.84. The summed E-state index contributed by atoms with van der Waals surface area (Å²) in [4.78, 5) is 0. The predicted octanol–water partition coefficient (Wildman–Crippen LogP) is 5.79. The minimum absolute atomic E-state index is 0.851. The van der Waals surface area contributed by atoms with Gasteiger partial charge >= 0.3 is 0 Å². The Morgan fingerprint density at radius 1 is 0.619 bits per heavy atom. The van der Waals surface area contributed by atoms with Crippen LogP contribution in [0.1, 0.15) is 110 Å². The van der Waals surface area contributed by atoms with E-state index in [0.717, 1.165) is 23.0 Å². The second-order valence-corrected chi connectivity index (χ2v) is 7.37. The average molecular weight is 315 g/mol. The Morgan fingerprint density at radius 3 is 1.38 bits per heavy atom. The van der Waals surface area contributed by atoms with Crippen molar-refractivity contribution >= 4 is 10.5 Å². The largest absolute Gasteiger partial charge is 0.428 e. The molecule has 0 N–H and O–H groups in total. The summed E-state index contributed by atoms with van der Waals surface area (Å²) in [5.74, 6) is 0.851. The zero-order valence-corrected chi connectivity index (χ0v) is 17.3. The molecule has 1 unspecified atom stereocenters. The summed E-state index contributed by atoms with van der Waals surface area (Å²) in [5, 5.41) is 0. The summed E-state index contributed by atoms with van der Waals surface area (Å²) in [6.45, 7) is 5.62. The highest BCUT2D eigenvalue weighted by atomic mass is 28.2. The third-order valence-electron chi connectivity index (χ3n) is 4.58. The smallest absolute Gasteiger partial charge is 0.145 e. The van der Waals surface area contributed by atoms with Gasteiger partial charge in [-0.1, -0.05) is 97.3 Å². The first kappa shape index (κ1) is 21.2. The lowest BCUT2D eigenvalue weighted by Gasteiger charge is -2.16. The first-order chi connectivity index (χ1) is 10.3. The molecule has 1 nitrogen and oxygen atoms in total. The van der Waals surface area contributed by atoms with Gasteiger partial charge in [0, 0.05) is 6.61 Å². The van der Waals surface area contributed by atoms with Crippen molar-refractivity contribution < 1.29 is 4.43 Å². The molecular formula is C19H42OSi. The molecule has 0 rings (SSSR count). The van der Waals surface area contributed by atoms with Crippen molar-refractivity contribution in [2.24, 2.45) is 5.92 Å². The van der Waals surface area contributed by atoms with E-state index in [1.807, 2.05) is 0 Å². The summed E-state index contributed by atoms with van der Waals surface area (Å²) in [6.07, 6.45) is 21.3. The van der Waals surface area contributed by atoms with Crippen LogP contribution in [0.15, 0.2) is 0 Å². The molecule has 1 atom stereocenters. The molecule has 0 saturated carbocycles. The maximum Gasteiger partial charge on any atom is 0.145 e. The van der Waals surface area contributed by atoms with E-state index in [-0.39, 0.29) is 0 Å². The van der Waals surface area contributed by atoms with Crippen molar-refractivity contribution in [1.29, 1.82) is 0 Å². The topological polar surface area (TPSA) is 9.23 Å². The van der Waals surface area contributed by atoms with Crippen LogP contribution < -0.4 is 0 Å². The fourth-order valence-corrected chi connectivity index (χ4v) is 3.62. The fraction of sp³-hybridized carbons (Fsp3) is 1.00. The molecule has 0 heterocycles. The Bertz CT molecular complexity index is 184. The van der Waals surface area contributed by atoms with E-state index in [4.69, 9.17) is 4.43 Å². The second kappa shape index (κ2) is 18.2. The van der Waals surface area contributed by atoms with Gasteiger partial charge in [-0.2, -0.15) is 0 Å². The normalized spacial score (nSPS) is 12.9. The summed E-state index contributed by atoms with van der Waals surface area (Å²) in [6, 6.07) is 0. The van der Waals surface area contributed by atoms with Crippen molar-refractivity contribution in [2.45, 2.75) is 110 Å². The Labute approximate surface area is 138 Å². The molecule has 0 aliphatic heterocycles. The number of hydrogen-bond donors (Lipinski definition) is 0. The molecule has 0 aromatic rings. The Hall–Kier alpha value is 0.177. The molecule has 0 saturated heterocycles. The monoisotopic (exact) mass is 314 g/mol. The number of rotatable bonds is 17. The molecule has 0 aliphatic rings. The lowest BCUT2D eigenvalue weighted by molar-refractivity contribution is 0.240. The molecule has 21 heavy (non-hydrogen) atoms. The van der Waals surface area contributed by atoms with Crippen molar-refractivity contribution in [3.63, 3.8) is 0 Å². The minimum atomic E-state index is 0.851. The Kier molecular flexibility index (Phi) is 18.4. The molecule has 0 spiro atoms. The molecule has 0 aromatic carbocycles. The molecular weight excluding hydrogens is 272 g/mol. The molecule has 0 aliphatic carbocycles. The molecule has 0 fully saturated rings. The Balaban J connectivity index is 3.44. The quantitative estimate of drug-likeness (QED) is 0.244. The van der Waals surface area contributed by atoms with Gasteiger partial charge in [-0.15, -0.1) is 0 Å². The van der Waals surface area contributed by atoms with Crippen molar-refractivity contribution in [3.05, 3.63) is 0 Å². The van der Waals surface area contributed by atoms with Crippen LogP contribution in [0.25, 0.3) is 0 Å². The second-order valence-electron chi connectivity index (χ2n) is 6.79. The van der Waals surface area contributed by atoms with Gasteiger partial charge in [0.1, 0.15) is 10.5 Å². The SMILES string of the molecule is CCCCCCCCCC(CCCCCCCC)CO[SiH3]. The van der Waals surface area contributed by atoms with Gasteiger partial charge in [-0.3, -0.25) is 0 Å². The van der Waals surface area contributed by atoms with E-state index in [2.05, 4.69) is 13.8 Å². The summed E-state index contributed by atoms with van der Waals surface area (Å²) >= 11 is 0. The average Bonchev–Trinajstić information content (AvgIpc) is 2.49. The van der Waals surface area contributed by atoms with E-state index < -0.39 is 0 Å². The molecule has 128 valence electrons. The summed E-state index contributed by atoms with van der Waals surface area (Å²) < 4.78 is 5.55. The third-order valence-corrected chi connectivity index (χ3v) is 4.92. The van der Waals surface area contributed by atoms with Gasteiger partial charge < -0.3 is 4.43 Å². The van der Waals surface area contributed by atoms with Gasteiger partial charge in [0.05, 0.1) is 0 Å². The van der Waals surface area contributed by atoms with Crippen LogP contribution in [0.5, 0.6) is 0 Å². The lowest BCUT2D eigenvalue weighted by atomic mass is 9.95. The summed E-state index contributed by atoms with van der Waals surface area (Å²) in [5.41, 5.74) is 0. The highest BCUT2D eigenvalue weighted by molar-refractivity contribution is 5.97. The highest BCUT2D eigenvalue weighted by Gasteiger charge is 2.07. The van der Waals surface area contributed by atoms with E-state index in [1.165, 1.54) is 96.3 Å². The van der Waals surface area contributed by atoms with E-state index in [1.54, 1.807) is 0 Å². The maximum atomic E-state index is 5.55. The lowest BCUT2D eigenvalue weighted by Crippen LogP contribution is -2.09. The van der Waals surface area contributed by atoms with Crippen LogP contribution in [0, 0.1) is 5.92 Å². The molecule has 0 amide bonds. The fourth-order valence-electron chi connectivity index (χ4n) is 3.15. The van der Waals surface area contributed by atoms with E-state index in [9.17, 15) is 0 Å². The molecule has 0 bridgehead atoms. The standard InChI is InChI=1S/C19H42OSi/c1-3-5-7-9-11-13-15-17-19(18-20-21)16-14-12-10-8-6-4-2/h19H,3-18H2,1-2,21H3. The van der Waals surface area contributed by atoms with Crippen molar-refractivity contribution in [3.8, 4) is 0 Å². The first-order valence-corrected chi connectivity index (χ1v) is 10.7. The van der Waals surface area contributed by atoms with Gasteiger partial charge in [0.25, 0.3) is 0 Å². The van der Waals surface area contributed by atoms with E-state index in [0.29, 0.717) is 0 Å². The van der Waals surface area contributed by atoms with Crippen LogP contribution >= 0.6 is 0 Å². The van der Waals surface area contributed by atoms with Crippen LogP contribution in [0.2, 0.25) is 0 Å². The van der Waals surface area contributed by atoms with Gasteiger partial charge in [-0.05, 0) is 18.8 Å². The Morgan fingerprint density at radius 2 is 1.00 bits per heavy atom. The van der Waals surface area contributed by atoms with Gasteiger partial charge in [-0.25, -0.2) is 0 Å². The molecule has 0 radical (unpaired) electrons. The molecule has 0 aromatic heterocycles. The van der Waals surface area contributed by atoms with Crippen LogP contribution in [0.3, 0.4) is 0 Å². The van der Waals surface area contributed by atoms with Crippen molar-refractivity contribution in [2.75, 3.05) is 6.61 Å². The number of unbranched alkanes of at least 4 members (excludes halogenated alkanes) is 11. The van der Waals surface area contributed by atoms with Crippen molar-refractivity contribution in [1.82, 2.24) is 0 Å². The molecule has 2 heteroatoms. The zero-order valence-electron chi connectivity index (χ0n) is 15.3. The minimum Gasteiger partial charge on any atom is -0.428 e. The third kappa shape index (κ3) is 16.4. The number of hydrogen-bond acceptors (Lipinski definition) is 1. The van der Waals surface area contributed by atoms with Crippen LogP contribution in [0.4, 0.5) is 0 Å². The van der Waals surface area contributed by atoms with Gasteiger partial charge in [0.2, 0.25) is 0 Å². The van der Waals surface area contributed by atoms with Crippen LogP contribution in [-0.2, 0) is 4.43 Å².